The van der Waals surface area contributed by atoms with Crippen LogP contribution in [0.3, 0.4) is 0 Å². The number of anilines is 1. The summed E-state index contributed by atoms with van der Waals surface area (Å²) in [4.78, 5) is 13.3. The van der Waals surface area contributed by atoms with Crippen molar-refractivity contribution in [1.82, 2.24) is 4.31 Å². The third-order valence-corrected chi connectivity index (χ3v) is 7.33. The van der Waals surface area contributed by atoms with Crippen molar-refractivity contribution in [2.45, 2.75) is 37.6 Å². The van der Waals surface area contributed by atoms with Crippen molar-refractivity contribution in [2.24, 2.45) is 0 Å². The number of carbonyl (C=O) groups excluding carboxylic acids is 1. The third-order valence-electron chi connectivity index (χ3n) is 4.52. The predicted octanol–water partition coefficient (Wildman–Crippen LogP) is 3.11. The lowest BCUT2D eigenvalue weighted by molar-refractivity contribution is -0.119. The first-order valence-electron chi connectivity index (χ1n) is 7.59. The van der Waals surface area contributed by atoms with E-state index in [-0.39, 0.29) is 10.8 Å². The van der Waals surface area contributed by atoms with Crippen molar-refractivity contribution >= 4 is 33.0 Å². The van der Waals surface area contributed by atoms with E-state index in [1.165, 1.54) is 4.31 Å². The molecule has 128 valence electrons. The molecule has 2 aromatic rings. The minimum absolute atomic E-state index is 0.116. The van der Waals surface area contributed by atoms with Crippen molar-refractivity contribution < 1.29 is 13.2 Å². The van der Waals surface area contributed by atoms with E-state index in [0.29, 0.717) is 17.8 Å². The summed E-state index contributed by atoms with van der Waals surface area (Å²) in [7, 11) is -2.04. The van der Waals surface area contributed by atoms with E-state index in [0.717, 1.165) is 10.4 Å². The van der Waals surface area contributed by atoms with Gasteiger partial charge in [0.15, 0.2) is 0 Å². The first-order valence-corrected chi connectivity index (χ1v) is 9.91. The summed E-state index contributed by atoms with van der Waals surface area (Å²) in [5.74, 6) is -0.116. The van der Waals surface area contributed by atoms with Gasteiger partial charge in [0.25, 0.3) is 0 Å². The molecule has 5 nitrogen and oxygen atoms in total. The van der Waals surface area contributed by atoms with Gasteiger partial charge in [-0.15, -0.1) is 11.3 Å². The monoisotopic (exact) mass is 364 g/mol. The number of hydrogen-bond donors (Lipinski definition) is 1. The molecule has 0 aliphatic carbocycles. The molecule has 1 aliphatic rings. The number of thiophene rings is 1. The quantitative estimate of drug-likeness (QED) is 0.906. The lowest BCUT2D eigenvalue weighted by Gasteiger charge is -2.19. The van der Waals surface area contributed by atoms with E-state index >= 15 is 0 Å². The van der Waals surface area contributed by atoms with Gasteiger partial charge in [-0.05, 0) is 61.5 Å². The zero-order valence-corrected chi connectivity index (χ0v) is 15.7. The molecule has 0 bridgehead atoms. The van der Waals surface area contributed by atoms with Crippen LogP contribution >= 0.6 is 11.3 Å². The van der Waals surface area contributed by atoms with Crippen LogP contribution in [0.4, 0.5) is 5.69 Å². The minimum Gasteiger partial charge on any atom is -0.325 e. The summed E-state index contributed by atoms with van der Waals surface area (Å²) in [5.41, 5.74) is 1.76. The number of benzene rings is 1. The topological polar surface area (TPSA) is 66.5 Å². The summed E-state index contributed by atoms with van der Waals surface area (Å²) in [6.07, 6.45) is 0. The Labute approximate surface area is 146 Å². The van der Waals surface area contributed by atoms with Crippen LogP contribution in [-0.2, 0) is 26.8 Å². The number of carbonyl (C=O) groups is 1. The summed E-state index contributed by atoms with van der Waals surface area (Å²) in [5, 5.41) is 4.75. The van der Waals surface area contributed by atoms with Crippen LogP contribution in [0.25, 0.3) is 0 Å². The molecule has 3 rings (SSSR count). The van der Waals surface area contributed by atoms with Crippen LogP contribution in [0, 0.1) is 6.92 Å². The van der Waals surface area contributed by atoms with E-state index in [9.17, 15) is 13.2 Å². The highest BCUT2D eigenvalue weighted by atomic mass is 32.2. The molecule has 2 heterocycles. The van der Waals surface area contributed by atoms with Crippen LogP contribution in [0.15, 0.2) is 34.5 Å². The molecule has 0 atom stereocenters. The van der Waals surface area contributed by atoms with E-state index in [1.54, 1.807) is 50.4 Å². The fourth-order valence-electron chi connectivity index (χ4n) is 2.74. The van der Waals surface area contributed by atoms with E-state index in [4.69, 9.17) is 0 Å². The van der Waals surface area contributed by atoms with Gasteiger partial charge in [0.05, 0.1) is 10.3 Å². The Morgan fingerprint density at radius 3 is 2.58 bits per heavy atom. The number of rotatable bonds is 4. The SMILES string of the molecule is Cc1ccsc1CN(C)S(=O)(=O)c1ccc2c(c1)C(C)(C)C(=O)N2. The molecule has 0 saturated heterocycles. The van der Waals surface area contributed by atoms with Gasteiger partial charge < -0.3 is 5.32 Å². The molecule has 24 heavy (non-hydrogen) atoms. The first kappa shape index (κ1) is 17.1. The Kier molecular flexibility index (Phi) is 4.06. The molecule has 1 aromatic heterocycles. The van der Waals surface area contributed by atoms with Crippen molar-refractivity contribution in [1.29, 1.82) is 0 Å². The van der Waals surface area contributed by atoms with Crippen LogP contribution < -0.4 is 5.32 Å². The van der Waals surface area contributed by atoms with Crippen molar-refractivity contribution in [3.8, 4) is 0 Å². The van der Waals surface area contributed by atoms with Crippen LogP contribution in [0.1, 0.15) is 29.9 Å². The molecule has 1 aliphatic heterocycles. The van der Waals surface area contributed by atoms with Crippen LogP contribution in [0.5, 0.6) is 0 Å². The average Bonchev–Trinajstić information content (AvgIpc) is 3.01. The molecule has 0 spiro atoms. The molecule has 1 N–H and O–H groups in total. The molecule has 1 amide bonds. The Balaban J connectivity index is 1.95. The maximum Gasteiger partial charge on any atom is 0.243 e. The number of nitrogens with one attached hydrogen (secondary N) is 1. The number of hydrogen-bond acceptors (Lipinski definition) is 4. The van der Waals surface area contributed by atoms with Crippen molar-refractivity contribution in [2.75, 3.05) is 12.4 Å². The number of amides is 1. The summed E-state index contributed by atoms with van der Waals surface area (Å²) in [6, 6.07) is 6.81. The molecule has 0 saturated carbocycles. The molecule has 0 fully saturated rings. The molecule has 0 unspecified atom stereocenters. The maximum atomic E-state index is 12.9. The highest BCUT2D eigenvalue weighted by Gasteiger charge is 2.39. The van der Waals surface area contributed by atoms with Gasteiger partial charge in [-0.2, -0.15) is 4.31 Å². The van der Waals surface area contributed by atoms with Gasteiger partial charge in [0, 0.05) is 24.2 Å². The third kappa shape index (κ3) is 2.66. The zero-order chi connectivity index (χ0) is 17.7. The smallest absolute Gasteiger partial charge is 0.243 e. The lowest BCUT2D eigenvalue weighted by atomic mass is 9.86. The van der Waals surface area contributed by atoms with E-state index < -0.39 is 15.4 Å². The number of nitrogens with zero attached hydrogens (tertiary/aromatic N) is 1. The lowest BCUT2D eigenvalue weighted by Crippen LogP contribution is -2.28. The Hall–Kier alpha value is -1.70. The van der Waals surface area contributed by atoms with Gasteiger partial charge in [0.1, 0.15) is 0 Å². The Morgan fingerprint density at radius 1 is 1.25 bits per heavy atom. The second-order valence-electron chi connectivity index (χ2n) is 6.57. The Morgan fingerprint density at radius 2 is 1.96 bits per heavy atom. The summed E-state index contributed by atoms with van der Waals surface area (Å²) in [6.45, 7) is 5.90. The standard InChI is InChI=1S/C17H20N2O3S2/c1-11-7-8-23-15(11)10-19(4)24(21,22)12-5-6-14-13(9-12)17(2,3)16(20)18-14/h5-9H,10H2,1-4H3,(H,18,20). The molecule has 1 aromatic carbocycles. The highest BCUT2D eigenvalue weighted by Crippen LogP contribution is 2.38. The van der Waals surface area contributed by atoms with Crippen molar-refractivity contribution in [3.63, 3.8) is 0 Å². The summed E-state index contributed by atoms with van der Waals surface area (Å²) >= 11 is 1.55. The predicted molar refractivity (Wildman–Crippen MR) is 95.8 cm³/mol. The van der Waals surface area contributed by atoms with E-state index in [2.05, 4.69) is 5.32 Å². The fraction of sp³-hybridized carbons (Fsp3) is 0.353. The average molecular weight is 364 g/mol. The number of aryl methyl sites for hydroxylation is 1. The Bertz CT molecular complexity index is 914. The van der Waals surface area contributed by atoms with Gasteiger partial charge >= 0.3 is 0 Å². The largest absolute Gasteiger partial charge is 0.325 e. The van der Waals surface area contributed by atoms with Crippen molar-refractivity contribution in [3.05, 3.63) is 45.6 Å². The second kappa shape index (κ2) is 5.68. The second-order valence-corrected chi connectivity index (χ2v) is 9.62. The molecular weight excluding hydrogens is 344 g/mol. The maximum absolute atomic E-state index is 12.9. The minimum atomic E-state index is -3.62. The van der Waals surface area contributed by atoms with Gasteiger partial charge in [-0.3, -0.25) is 4.79 Å². The van der Waals surface area contributed by atoms with Crippen LogP contribution in [0.2, 0.25) is 0 Å². The van der Waals surface area contributed by atoms with Gasteiger partial charge in [-0.1, -0.05) is 0 Å². The first-order chi connectivity index (χ1) is 11.1. The molecular formula is C17H20N2O3S2. The normalized spacial score (nSPS) is 16.3. The number of fused-ring (bicyclic) bond motifs is 1. The molecule has 0 radical (unpaired) electrons. The number of sulfonamides is 1. The fourth-order valence-corrected chi connectivity index (χ4v) is 4.95. The van der Waals surface area contributed by atoms with E-state index in [1.807, 2.05) is 18.4 Å². The van der Waals surface area contributed by atoms with Gasteiger partial charge in [0.2, 0.25) is 15.9 Å². The summed E-state index contributed by atoms with van der Waals surface area (Å²) < 4.78 is 27.1. The highest BCUT2D eigenvalue weighted by molar-refractivity contribution is 7.89. The van der Waals surface area contributed by atoms with Crippen LogP contribution in [-0.4, -0.2) is 25.7 Å². The molecule has 7 heteroatoms. The van der Waals surface area contributed by atoms with Gasteiger partial charge in [-0.25, -0.2) is 8.42 Å². The zero-order valence-electron chi connectivity index (χ0n) is 14.1.